The van der Waals surface area contributed by atoms with Crippen molar-refractivity contribution in [3.05, 3.63) is 45.3 Å². The molecule has 1 aliphatic carbocycles. The van der Waals surface area contributed by atoms with Gasteiger partial charge in [0.15, 0.2) is 0 Å². The minimum absolute atomic E-state index is 0.0504. The van der Waals surface area contributed by atoms with Crippen molar-refractivity contribution in [2.45, 2.75) is 13.3 Å². The maximum atomic E-state index is 12.8. The number of hydrogen-bond acceptors (Lipinski definition) is 6. The number of amides is 1. The molecule has 6 nitrogen and oxygen atoms in total. The summed E-state index contributed by atoms with van der Waals surface area (Å²) in [5, 5.41) is 4.01. The molecular weight excluding hydrogens is 338 g/mol. The highest BCUT2D eigenvalue weighted by atomic mass is 32.1. The zero-order valence-corrected chi connectivity index (χ0v) is 15.6. The maximum Gasteiger partial charge on any atom is 0.265 e. The van der Waals surface area contributed by atoms with Crippen molar-refractivity contribution in [3.63, 3.8) is 0 Å². The Labute approximate surface area is 151 Å². The van der Waals surface area contributed by atoms with Crippen LogP contribution in [0.25, 0.3) is 5.57 Å². The van der Waals surface area contributed by atoms with E-state index in [0.29, 0.717) is 10.6 Å². The molecule has 0 saturated carbocycles. The first-order valence-corrected chi connectivity index (χ1v) is 9.14. The Bertz CT molecular complexity index is 743. The Morgan fingerprint density at radius 2 is 2.04 bits per heavy atom. The van der Waals surface area contributed by atoms with Crippen LogP contribution in [-0.4, -0.2) is 56.2 Å². The van der Waals surface area contributed by atoms with E-state index in [1.165, 1.54) is 11.3 Å². The molecule has 0 aromatic carbocycles. The number of nitrogens with one attached hydrogen (secondary N) is 1. The number of rotatable bonds is 4. The molecule has 1 amide bonds. The van der Waals surface area contributed by atoms with Crippen molar-refractivity contribution in [1.82, 2.24) is 15.2 Å². The third-order valence-corrected chi connectivity index (χ3v) is 5.41. The Hall–Kier alpha value is -2.12. The van der Waals surface area contributed by atoms with E-state index >= 15 is 0 Å². The SMILES string of the molecule is COC1=CCC=CC(OC)=C1c1nc(C)c(C(=O)N2CCNCC2)s1. The second-order valence-corrected chi connectivity index (χ2v) is 6.83. The van der Waals surface area contributed by atoms with Gasteiger partial charge < -0.3 is 19.7 Å². The standard InChI is InChI=1S/C18H23N3O3S/c1-12-16(18(22)21-10-8-19-9-11-21)25-17(20-12)15-13(23-2)6-4-5-7-14(15)24-3/h4,6-7,19H,5,8-11H2,1-3H3. The number of hydrogen-bond donors (Lipinski definition) is 1. The van der Waals surface area contributed by atoms with E-state index in [-0.39, 0.29) is 5.91 Å². The topological polar surface area (TPSA) is 63.7 Å². The maximum absolute atomic E-state index is 12.8. The zero-order chi connectivity index (χ0) is 17.8. The normalized spacial score (nSPS) is 18.0. The predicted octanol–water partition coefficient (Wildman–Crippen LogP) is 2.34. The average Bonchev–Trinajstić information content (AvgIpc) is 2.90. The van der Waals surface area contributed by atoms with Gasteiger partial charge in [0.25, 0.3) is 5.91 Å². The molecule has 25 heavy (non-hydrogen) atoms. The molecule has 1 aromatic heterocycles. The van der Waals surface area contributed by atoms with Gasteiger partial charge in [-0.2, -0.15) is 0 Å². The monoisotopic (exact) mass is 361 g/mol. The van der Waals surface area contributed by atoms with Crippen molar-refractivity contribution >= 4 is 22.8 Å². The Morgan fingerprint density at radius 1 is 1.28 bits per heavy atom. The first-order chi connectivity index (χ1) is 12.2. The number of allylic oxidation sites excluding steroid dienone is 4. The van der Waals surface area contributed by atoms with Crippen LogP contribution in [-0.2, 0) is 9.47 Å². The van der Waals surface area contributed by atoms with Crippen LogP contribution < -0.4 is 5.32 Å². The van der Waals surface area contributed by atoms with E-state index in [9.17, 15) is 4.79 Å². The molecule has 0 unspecified atom stereocenters. The third kappa shape index (κ3) is 3.62. The third-order valence-electron chi connectivity index (χ3n) is 4.25. The summed E-state index contributed by atoms with van der Waals surface area (Å²) >= 11 is 1.40. The summed E-state index contributed by atoms with van der Waals surface area (Å²) in [6.07, 6.45) is 6.69. The van der Waals surface area contributed by atoms with E-state index in [0.717, 1.165) is 54.6 Å². The van der Waals surface area contributed by atoms with Crippen LogP contribution in [0, 0.1) is 6.92 Å². The van der Waals surface area contributed by atoms with Gasteiger partial charge in [-0.3, -0.25) is 4.79 Å². The molecule has 134 valence electrons. The number of nitrogens with zero attached hydrogens (tertiary/aromatic N) is 2. The highest BCUT2D eigenvalue weighted by Crippen LogP contribution is 2.35. The molecule has 1 fully saturated rings. The molecule has 1 saturated heterocycles. The van der Waals surface area contributed by atoms with Crippen molar-refractivity contribution in [3.8, 4) is 0 Å². The lowest BCUT2D eigenvalue weighted by atomic mass is 10.2. The van der Waals surface area contributed by atoms with E-state index in [2.05, 4.69) is 10.3 Å². The van der Waals surface area contributed by atoms with Gasteiger partial charge in [-0.25, -0.2) is 4.98 Å². The van der Waals surface area contributed by atoms with E-state index in [4.69, 9.17) is 9.47 Å². The molecule has 0 bridgehead atoms. The second-order valence-electron chi connectivity index (χ2n) is 5.83. The lowest BCUT2D eigenvalue weighted by Crippen LogP contribution is -2.46. The van der Waals surface area contributed by atoms with Crippen molar-refractivity contribution in [2.24, 2.45) is 0 Å². The van der Waals surface area contributed by atoms with Crippen molar-refractivity contribution in [2.75, 3.05) is 40.4 Å². The summed E-state index contributed by atoms with van der Waals surface area (Å²) < 4.78 is 11.1. The van der Waals surface area contributed by atoms with Crippen LogP contribution in [0.2, 0.25) is 0 Å². The van der Waals surface area contributed by atoms with Crippen LogP contribution in [0.3, 0.4) is 0 Å². The van der Waals surface area contributed by atoms with Crippen LogP contribution >= 0.6 is 11.3 Å². The Kier molecular flexibility index (Phi) is 5.55. The van der Waals surface area contributed by atoms with E-state index in [1.54, 1.807) is 14.2 Å². The molecule has 2 heterocycles. The first-order valence-electron chi connectivity index (χ1n) is 8.32. The summed E-state index contributed by atoms with van der Waals surface area (Å²) in [6.45, 7) is 4.99. The second kappa shape index (κ2) is 7.84. The minimum Gasteiger partial charge on any atom is -0.496 e. The molecule has 2 aliphatic rings. The van der Waals surface area contributed by atoms with Gasteiger partial charge in [0, 0.05) is 26.2 Å². The largest absolute Gasteiger partial charge is 0.496 e. The summed E-state index contributed by atoms with van der Waals surface area (Å²) in [7, 11) is 3.27. The number of ether oxygens (including phenoxy) is 2. The molecule has 7 heteroatoms. The lowest BCUT2D eigenvalue weighted by molar-refractivity contribution is 0.0739. The molecular formula is C18H23N3O3S. The first kappa shape index (κ1) is 17.7. The van der Waals surface area contributed by atoms with Crippen LogP contribution in [0.5, 0.6) is 0 Å². The molecule has 3 rings (SSSR count). The van der Waals surface area contributed by atoms with Gasteiger partial charge in [0.2, 0.25) is 0 Å². The summed E-state index contributed by atoms with van der Waals surface area (Å²) in [5.41, 5.74) is 1.54. The summed E-state index contributed by atoms with van der Waals surface area (Å²) in [5.74, 6) is 1.46. The predicted molar refractivity (Wildman–Crippen MR) is 98.4 cm³/mol. The van der Waals surface area contributed by atoms with Gasteiger partial charge in [-0.15, -0.1) is 11.3 Å². The fourth-order valence-electron chi connectivity index (χ4n) is 2.94. The zero-order valence-electron chi connectivity index (χ0n) is 14.8. The van der Waals surface area contributed by atoms with Gasteiger partial charge in [-0.1, -0.05) is 6.08 Å². The highest BCUT2D eigenvalue weighted by molar-refractivity contribution is 7.15. The number of methoxy groups -OCH3 is 2. The number of piperazine rings is 1. The summed E-state index contributed by atoms with van der Waals surface area (Å²) in [6, 6.07) is 0. The van der Waals surface area contributed by atoms with E-state index < -0.39 is 0 Å². The quantitative estimate of drug-likeness (QED) is 0.892. The fourth-order valence-corrected chi connectivity index (χ4v) is 4.03. The van der Waals surface area contributed by atoms with Crippen LogP contribution in [0.1, 0.15) is 26.8 Å². The Morgan fingerprint density at radius 3 is 2.72 bits per heavy atom. The number of aromatic nitrogens is 1. The molecule has 1 aliphatic heterocycles. The minimum atomic E-state index is 0.0504. The van der Waals surface area contributed by atoms with Gasteiger partial charge in [0.1, 0.15) is 21.4 Å². The molecule has 1 N–H and O–H groups in total. The molecule has 0 atom stereocenters. The van der Waals surface area contributed by atoms with Gasteiger partial charge in [-0.05, 0) is 25.5 Å². The van der Waals surface area contributed by atoms with Crippen LogP contribution in [0.4, 0.5) is 0 Å². The smallest absolute Gasteiger partial charge is 0.265 e. The Balaban J connectivity index is 1.99. The lowest BCUT2D eigenvalue weighted by Gasteiger charge is -2.27. The summed E-state index contributed by atoms with van der Waals surface area (Å²) in [4.78, 5) is 20.1. The van der Waals surface area contributed by atoms with Crippen molar-refractivity contribution < 1.29 is 14.3 Å². The molecule has 0 radical (unpaired) electrons. The van der Waals surface area contributed by atoms with Gasteiger partial charge >= 0.3 is 0 Å². The van der Waals surface area contributed by atoms with Crippen molar-refractivity contribution in [1.29, 1.82) is 0 Å². The molecule has 0 spiro atoms. The highest BCUT2D eigenvalue weighted by Gasteiger charge is 2.26. The number of thiazole rings is 1. The fraction of sp³-hybridized carbons (Fsp3) is 0.444. The average molecular weight is 361 g/mol. The molecule has 1 aromatic rings. The number of aryl methyl sites for hydroxylation is 1. The van der Waals surface area contributed by atoms with Crippen LogP contribution in [0.15, 0.2) is 29.7 Å². The number of carbonyl (C=O) groups is 1. The van der Waals surface area contributed by atoms with Gasteiger partial charge in [0.05, 0.1) is 25.5 Å². The number of carbonyl (C=O) groups excluding carboxylic acids is 1. The van der Waals surface area contributed by atoms with E-state index in [1.807, 2.05) is 30.1 Å².